The molecule has 0 amide bonds. The van der Waals surface area contributed by atoms with Gasteiger partial charge in [0.15, 0.2) is 0 Å². The molecule has 0 heterocycles. The Hall–Kier alpha value is 0.290. The largest absolute Gasteiger partial charge is 0.123 e. The van der Waals surface area contributed by atoms with Gasteiger partial charge in [0.1, 0.15) is 0 Å². The lowest BCUT2D eigenvalue weighted by molar-refractivity contribution is 0.402. The van der Waals surface area contributed by atoms with Gasteiger partial charge in [0.05, 0.1) is 0 Å². The van der Waals surface area contributed by atoms with E-state index in [9.17, 15) is 0 Å². The molecule has 86 valence electrons. The van der Waals surface area contributed by atoms with Gasteiger partial charge in [0.25, 0.3) is 0 Å². The zero-order valence-electron chi connectivity index (χ0n) is 10.2. The summed E-state index contributed by atoms with van der Waals surface area (Å²) in [5, 5.41) is 0.415. The number of alkyl halides is 1. The molecule has 2 atom stereocenters. The van der Waals surface area contributed by atoms with Gasteiger partial charge in [-0.3, -0.25) is 0 Å². The third kappa shape index (κ3) is 7.67. The minimum absolute atomic E-state index is 0.415. The average Bonchev–Trinajstić information content (AvgIpc) is 2.22. The van der Waals surface area contributed by atoms with Crippen molar-refractivity contribution in [2.24, 2.45) is 5.92 Å². The smallest absolute Gasteiger partial charge is 0.0333 e. The molecule has 1 heteroatoms. The van der Waals surface area contributed by atoms with Crippen molar-refractivity contribution in [1.82, 2.24) is 0 Å². The molecule has 0 saturated heterocycles. The fourth-order valence-corrected chi connectivity index (χ4v) is 2.03. The van der Waals surface area contributed by atoms with E-state index in [0.717, 1.165) is 12.3 Å². The number of hydrogen-bond acceptors (Lipinski definition) is 0. The molecule has 0 nitrogen and oxygen atoms in total. The molecule has 0 aliphatic carbocycles. The van der Waals surface area contributed by atoms with Crippen LogP contribution in [0.15, 0.2) is 0 Å². The van der Waals surface area contributed by atoms with E-state index in [2.05, 4.69) is 20.8 Å². The molecule has 0 aromatic rings. The molecule has 14 heavy (non-hydrogen) atoms. The summed E-state index contributed by atoms with van der Waals surface area (Å²) < 4.78 is 0. The first-order valence-corrected chi connectivity index (χ1v) is 6.82. The highest BCUT2D eigenvalue weighted by Gasteiger charge is 2.07. The predicted molar refractivity (Wildman–Crippen MR) is 67.1 cm³/mol. The Morgan fingerprint density at radius 1 is 0.857 bits per heavy atom. The second-order valence-corrected chi connectivity index (χ2v) is 4.97. The van der Waals surface area contributed by atoms with Gasteiger partial charge in [-0.2, -0.15) is 0 Å². The van der Waals surface area contributed by atoms with Gasteiger partial charge in [-0.1, -0.05) is 59.3 Å². The van der Waals surface area contributed by atoms with Crippen LogP contribution in [0.2, 0.25) is 0 Å². The molecule has 0 aliphatic heterocycles. The van der Waals surface area contributed by atoms with Gasteiger partial charge in [-0.15, -0.1) is 11.6 Å². The van der Waals surface area contributed by atoms with Crippen LogP contribution in [0, 0.1) is 5.92 Å². The summed E-state index contributed by atoms with van der Waals surface area (Å²) in [4.78, 5) is 0. The number of hydrogen-bond donors (Lipinski definition) is 0. The first kappa shape index (κ1) is 14.3. The van der Waals surface area contributed by atoms with Crippen molar-refractivity contribution < 1.29 is 0 Å². The second kappa shape index (κ2) is 9.83. The van der Waals surface area contributed by atoms with Crippen molar-refractivity contribution in [3.05, 3.63) is 0 Å². The second-order valence-electron chi connectivity index (χ2n) is 4.35. The van der Waals surface area contributed by atoms with Crippen LogP contribution in [-0.2, 0) is 0 Å². The first-order valence-electron chi connectivity index (χ1n) is 6.38. The minimum atomic E-state index is 0.415. The van der Waals surface area contributed by atoms with Crippen molar-refractivity contribution in [2.75, 3.05) is 0 Å². The van der Waals surface area contributed by atoms with Crippen molar-refractivity contribution in [1.29, 1.82) is 0 Å². The van der Waals surface area contributed by atoms with Crippen LogP contribution >= 0.6 is 11.6 Å². The monoisotopic (exact) mass is 218 g/mol. The van der Waals surface area contributed by atoms with E-state index < -0.39 is 0 Å². The van der Waals surface area contributed by atoms with Crippen molar-refractivity contribution in [3.63, 3.8) is 0 Å². The van der Waals surface area contributed by atoms with Gasteiger partial charge in [0, 0.05) is 5.38 Å². The predicted octanol–water partition coefficient (Wildman–Crippen LogP) is 5.39. The maximum absolute atomic E-state index is 6.10. The molecule has 0 rings (SSSR count). The van der Waals surface area contributed by atoms with Gasteiger partial charge in [-0.25, -0.2) is 0 Å². The van der Waals surface area contributed by atoms with Crippen LogP contribution in [0.25, 0.3) is 0 Å². The lowest BCUT2D eigenvalue weighted by atomic mass is 9.93. The number of rotatable bonds is 9. The molecule has 0 radical (unpaired) electrons. The Kier molecular flexibility index (Phi) is 10.0. The van der Waals surface area contributed by atoms with E-state index in [1.807, 2.05) is 0 Å². The highest BCUT2D eigenvalue weighted by molar-refractivity contribution is 6.20. The highest BCUT2D eigenvalue weighted by Crippen LogP contribution is 2.21. The lowest BCUT2D eigenvalue weighted by Crippen LogP contribution is -2.02. The zero-order valence-corrected chi connectivity index (χ0v) is 10.9. The average molecular weight is 219 g/mol. The maximum atomic E-state index is 6.10. The summed E-state index contributed by atoms with van der Waals surface area (Å²) in [6.07, 6.45) is 10.5. The molecule has 0 N–H and O–H groups in total. The number of halogens is 1. The molecule has 0 spiro atoms. The van der Waals surface area contributed by atoms with Crippen LogP contribution in [0.5, 0.6) is 0 Å². The lowest BCUT2D eigenvalue weighted by Gasteiger charge is -2.14. The van der Waals surface area contributed by atoms with E-state index in [1.54, 1.807) is 0 Å². The van der Waals surface area contributed by atoms with Gasteiger partial charge < -0.3 is 0 Å². The van der Waals surface area contributed by atoms with E-state index in [-0.39, 0.29) is 0 Å². The summed E-state index contributed by atoms with van der Waals surface area (Å²) in [5.74, 6) is 0.954. The molecule has 0 fully saturated rings. The molecular formula is C13H27Cl. The van der Waals surface area contributed by atoms with Crippen LogP contribution in [0.3, 0.4) is 0 Å². The SMILES string of the molecule is CCCCC(CC)CCCC(Cl)CC. The Labute approximate surface area is 95.4 Å². The van der Waals surface area contributed by atoms with E-state index in [1.165, 1.54) is 44.9 Å². The topological polar surface area (TPSA) is 0 Å². The summed E-state index contributed by atoms with van der Waals surface area (Å²) in [6, 6.07) is 0. The quantitative estimate of drug-likeness (QED) is 0.455. The van der Waals surface area contributed by atoms with Crippen LogP contribution in [-0.4, -0.2) is 5.38 Å². The Balaban J connectivity index is 3.42. The molecule has 0 aromatic heterocycles. The van der Waals surface area contributed by atoms with E-state index >= 15 is 0 Å². The third-order valence-electron chi connectivity index (χ3n) is 3.12. The van der Waals surface area contributed by atoms with Crippen LogP contribution in [0.1, 0.15) is 72.1 Å². The molecule has 0 aliphatic rings. The molecular weight excluding hydrogens is 192 g/mol. The van der Waals surface area contributed by atoms with Crippen molar-refractivity contribution in [2.45, 2.75) is 77.5 Å². The third-order valence-corrected chi connectivity index (χ3v) is 3.64. The van der Waals surface area contributed by atoms with Gasteiger partial charge >= 0.3 is 0 Å². The Morgan fingerprint density at radius 3 is 2.00 bits per heavy atom. The normalized spacial score (nSPS) is 15.4. The van der Waals surface area contributed by atoms with Gasteiger partial charge in [0.2, 0.25) is 0 Å². The van der Waals surface area contributed by atoms with E-state index in [0.29, 0.717) is 5.38 Å². The number of unbranched alkanes of at least 4 members (excludes halogenated alkanes) is 1. The molecule has 2 unspecified atom stereocenters. The summed E-state index contributed by atoms with van der Waals surface area (Å²) in [6.45, 7) is 6.77. The molecule has 0 saturated carbocycles. The van der Waals surface area contributed by atoms with E-state index in [4.69, 9.17) is 11.6 Å². The van der Waals surface area contributed by atoms with Crippen LogP contribution < -0.4 is 0 Å². The fourth-order valence-electron chi connectivity index (χ4n) is 1.88. The Morgan fingerprint density at radius 2 is 1.50 bits per heavy atom. The summed E-state index contributed by atoms with van der Waals surface area (Å²) in [5.41, 5.74) is 0. The van der Waals surface area contributed by atoms with Gasteiger partial charge in [-0.05, 0) is 18.8 Å². The minimum Gasteiger partial charge on any atom is -0.123 e. The summed E-state index contributed by atoms with van der Waals surface area (Å²) in [7, 11) is 0. The van der Waals surface area contributed by atoms with Crippen molar-refractivity contribution in [3.8, 4) is 0 Å². The maximum Gasteiger partial charge on any atom is 0.0333 e. The highest BCUT2D eigenvalue weighted by atomic mass is 35.5. The Bertz CT molecular complexity index is 112. The zero-order chi connectivity index (χ0) is 10.8. The molecule has 0 aromatic carbocycles. The fraction of sp³-hybridized carbons (Fsp3) is 1.00. The summed E-state index contributed by atoms with van der Waals surface area (Å²) >= 11 is 6.10. The first-order chi connectivity index (χ1) is 6.74. The standard InChI is InChI=1S/C13H27Cl/c1-4-7-9-12(5-2)10-8-11-13(14)6-3/h12-13H,4-11H2,1-3H3. The van der Waals surface area contributed by atoms with Crippen molar-refractivity contribution >= 4 is 11.6 Å². The molecule has 0 bridgehead atoms. The van der Waals surface area contributed by atoms with Crippen LogP contribution in [0.4, 0.5) is 0 Å².